The molecule has 4 nitrogen and oxygen atoms in total. The maximum atomic E-state index is 5.90. The Morgan fingerprint density at radius 2 is 1.50 bits per heavy atom. The Labute approximate surface area is 167 Å². The Kier molecular flexibility index (Phi) is 7.33. The maximum Gasteiger partial charge on any atom is 0.160 e. The second-order valence-corrected chi connectivity index (χ2v) is 6.54. The van der Waals surface area contributed by atoms with E-state index in [1.54, 1.807) is 14.2 Å². The molecular weight excluding hydrogens is 350 g/mol. The SMILES string of the molecule is COc1ccc(CCNCc2cccc(OCc3ccccc3)c2)cc1OC. The number of ether oxygens (including phenoxy) is 3. The average molecular weight is 377 g/mol. The van der Waals surface area contributed by atoms with E-state index in [9.17, 15) is 0 Å². The predicted octanol–water partition coefficient (Wildman–Crippen LogP) is 4.62. The Balaban J connectivity index is 1.46. The van der Waals surface area contributed by atoms with Crippen LogP contribution in [0.5, 0.6) is 17.2 Å². The molecule has 3 aromatic rings. The summed E-state index contributed by atoms with van der Waals surface area (Å²) in [5.74, 6) is 2.41. The molecule has 0 saturated heterocycles. The number of rotatable bonds is 10. The van der Waals surface area contributed by atoms with Crippen LogP contribution in [0, 0.1) is 0 Å². The van der Waals surface area contributed by atoms with Crippen molar-refractivity contribution in [3.8, 4) is 17.2 Å². The number of methoxy groups -OCH3 is 2. The highest BCUT2D eigenvalue weighted by molar-refractivity contribution is 5.43. The molecule has 3 rings (SSSR count). The minimum atomic E-state index is 0.580. The lowest BCUT2D eigenvalue weighted by atomic mass is 10.1. The van der Waals surface area contributed by atoms with Crippen molar-refractivity contribution in [2.24, 2.45) is 0 Å². The zero-order valence-corrected chi connectivity index (χ0v) is 16.5. The Hall–Kier alpha value is -2.98. The monoisotopic (exact) mass is 377 g/mol. The van der Waals surface area contributed by atoms with Crippen LogP contribution >= 0.6 is 0 Å². The van der Waals surface area contributed by atoms with Gasteiger partial charge in [0.15, 0.2) is 11.5 Å². The van der Waals surface area contributed by atoms with E-state index in [4.69, 9.17) is 14.2 Å². The van der Waals surface area contributed by atoms with Gasteiger partial charge in [0.25, 0.3) is 0 Å². The Morgan fingerprint density at radius 3 is 2.29 bits per heavy atom. The fraction of sp³-hybridized carbons (Fsp3) is 0.250. The molecule has 1 N–H and O–H groups in total. The Bertz CT molecular complexity index is 865. The first kappa shape index (κ1) is 19.8. The van der Waals surface area contributed by atoms with Crippen molar-refractivity contribution in [1.29, 1.82) is 0 Å². The quantitative estimate of drug-likeness (QED) is 0.524. The second-order valence-electron chi connectivity index (χ2n) is 6.54. The fourth-order valence-corrected chi connectivity index (χ4v) is 2.99. The third-order valence-electron chi connectivity index (χ3n) is 4.51. The third-order valence-corrected chi connectivity index (χ3v) is 4.51. The molecule has 146 valence electrons. The summed E-state index contributed by atoms with van der Waals surface area (Å²) in [5, 5.41) is 3.49. The zero-order valence-electron chi connectivity index (χ0n) is 16.5. The molecule has 0 aliphatic heterocycles. The summed E-state index contributed by atoms with van der Waals surface area (Å²) < 4.78 is 16.5. The molecule has 28 heavy (non-hydrogen) atoms. The fourth-order valence-electron chi connectivity index (χ4n) is 2.99. The molecule has 0 aliphatic rings. The molecule has 4 heteroatoms. The van der Waals surface area contributed by atoms with Gasteiger partial charge in [0, 0.05) is 6.54 Å². The predicted molar refractivity (Wildman–Crippen MR) is 112 cm³/mol. The molecule has 0 bridgehead atoms. The van der Waals surface area contributed by atoms with E-state index in [1.165, 1.54) is 16.7 Å². The molecule has 0 fully saturated rings. The highest BCUT2D eigenvalue weighted by Gasteiger charge is 2.04. The Morgan fingerprint density at radius 1 is 0.714 bits per heavy atom. The highest BCUT2D eigenvalue weighted by atomic mass is 16.5. The van der Waals surface area contributed by atoms with Crippen molar-refractivity contribution < 1.29 is 14.2 Å². The van der Waals surface area contributed by atoms with Crippen molar-refractivity contribution >= 4 is 0 Å². The largest absolute Gasteiger partial charge is 0.493 e. The smallest absolute Gasteiger partial charge is 0.160 e. The van der Waals surface area contributed by atoms with Gasteiger partial charge in [0.05, 0.1) is 14.2 Å². The van der Waals surface area contributed by atoms with Crippen LogP contribution in [0.15, 0.2) is 72.8 Å². The molecule has 0 unspecified atom stereocenters. The van der Waals surface area contributed by atoms with Crippen LogP contribution < -0.4 is 19.5 Å². The van der Waals surface area contributed by atoms with Gasteiger partial charge in [-0.2, -0.15) is 0 Å². The van der Waals surface area contributed by atoms with E-state index in [-0.39, 0.29) is 0 Å². The lowest BCUT2D eigenvalue weighted by Crippen LogP contribution is -2.16. The molecule has 0 amide bonds. The van der Waals surface area contributed by atoms with Gasteiger partial charge in [-0.1, -0.05) is 48.5 Å². The van der Waals surface area contributed by atoms with E-state index < -0.39 is 0 Å². The van der Waals surface area contributed by atoms with Gasteiger partial charge in [0.2, 0.25) is 0 Å². The first-order valence-corrected chi connectivity index (χ1v) is 9.46. The van der Waals surface area contributed by atoms with Gasteiger partial charge >= 0.3 is 0 Å². The van der Waals surface area contributed by atoms with E-state index in [0.29, 0.717) is 6.61 Å². The topological polar surface area (TPSA) is 39.7 Å². The van der Waals surface area contributed by atoms with Crippen LogP contribution in [0.3, 0.4) is 0 Å². The van der Waals surface area contributed by atoms with E-state index >= 15 is 0 Å². The summed E-state index contributed by atoms with van der Waals surface area (Å²) in [7, 11) is 3.31. The van der Waals surface area contributed by atoms with E-state index in [1.807, 2.05) is 42.5 Å². The third kappa shape index (κ3) is 5.76. The van der Waals surface area contributed by atoms with Crippen LogP contribution in [-0.2, 0) is 19.6 Å². The molecule has 0 radical (unpaired) electrons. The number of hydrogen-bond donors (Lipinski definition) is 1. The molecule has 0 atom stereocenters. The molecule has 3 aromatic carbocycles. The highest BCUT2D eigenvalue weighted by Crippen LogP contribution is 2.27. The van der Waals surface area contributed by atoms with Crippen molar-refractivity contribution in [1.82, 2.24) is 5.32 Å². The van der Waals surface area contributed by atoms with E-state index in [2.05, 4.69) is 35.6 Å². The summed E-state index contributed by atoms with van der Waals surface area (Å²) in [6.45, 7) is 2.26. The van der Waals surface area contributed by atoms with Gasteiger partial charge < -0.3 is 19.5 Å². The van der Waals surface area contributed by atoms with Gasteiger partial charge in [-0.05, 0) is 53.9 Å². The van der Waals surface area contributed by atoms with Crippen molar-refractivity contribution in [2.75, 3.05) is 20.8 Å². The average Bonchev–Trinajstić information content (AvgIpc) is 2.76. The summed E-state index contributed by atoms with van der Waals surface area (Å²) in [6.07, 6.45) is 0.921. The second kappa shape index (κ2) is 10.4. The van der Waals surface area contributed by atoms with Gasteiger partial charge in [-0.3, -0.25) is 0 Å². The molecular formula is C24H27NO3. The van der Waals surface area contributed by atoms with Crippen molar-refractivity contribution in [3.63, 3.8) is 0 Å². The lowest BCUT2D eigenvalue weighted by Gasteiger charge is -2.11. The first-order chi connectivity index (χ1) is 13.8. The van der Waals surface area contributed by atoms with Crippen molar-refractivity contribution in [2.45, 2.75) is 19.6 Å². The summed E-state index contributed by atoms with van der Waals surface area (Å²) in [4.78, 5) is 0. The van der Waals surface area contributed by atoms with Gasteiger partial charge in [-0.25, -0.2) is 0 Å². The van der Waals surface area contributed by atoms with Crippen molar-refractivity contribution in [3.05, 3.63) is 89.5 Å². The zero-order chi connectivity index (χ0) is 19.6. The summed E-state index contributed by atoms with van der Waals surface area (Å²) in [6, 6.07) is 24.5. The number of nitrogens with one attached hydrogen (secondary N) is 1. The number of benzene rings is 3. The van der Waals surface area contributed by atoms with Gasteiger partial charge in [-0.15, -0.1) is 0 Å². The van der Waals surface area contributed by atoms with Crippen LogP contribution in [0.4, 0.5) is 0 Å². The summed E-state index contributed by atoms with van der Waals surface area (Å²) in [5.41, 5.74) is 3.59. The molecule has 0 aromatic heterocycles. The lowest BCUT2D eigenvalue weighted by molar-refractivity contribution is 0.306. The molecule has 0 saturated carbocycles. The standard InChI is InChI=1S/C24H27NO3/c1-26-23-12-11-19(16-24(23)27-2)13-14-25-17-21-9-6-10-22(15-21)28-18-20-7-4-3-5-8-20/h3-12,15-16,25H,13-14,17-18H2,1-2H3. The molecule has 0 spiro atoms. The van der Waals surface area contributed by atoms with Gasteiger partial charge in [0.1, 0.15) is 12.4 Å². The van der Waals surface area contributed by atoms with Crippen LogP contribution in [0.1, 0.15) is 16.7 Å². The molecule has 0 heterocycles. The minimum absolute atomic E-state index is 0.580. The molecule has 0 aliphatic carbocycles. The maximum absolute atomic E-state index is 5.90. The van der Waals surface area contributed by atoms with Crippen LogP contribution in [0.2, 0.25) is 0 Å². The summed E-state index contributed by atoms with van der Waals surface area (Å²) >= 11 is 0. The van der Waals surface area contributed by atoms with Crippen LogP contribution in [-0.4, -0.2) is 20.8 Å². The first-order valence-electron chi connectivity index (χ1n) is 9.46. The van der Waals surface area contributed by atoms with Crippen LogP contribution in [0.25, 0.3) is 0 Å². The minimum Gasteiger partial charge on any atom is -0.493 e. The number of hydrogen-bond acceptors (Lipinski definition) is 4. The normalized spacial score (nSPS) is 10.5. The van der Waals surface area contributed by atoms with E-state index in [0.717, 1.165) is 36.8 Å².